The van der Waals surface area contributed by atoms with Gasteiger partial charge in [-0.25, -0.2) is 0 Å². The van der Waals surface area contributed by atoms with Crippen molar-refractivity contribution in [3.8, 4) is 33.4 Å². The Balaban J connectivity index is 1.39. The third-order valence-electron chi connectivity index (χ3n) is 11.7. The summed E-state index contributed by atoms with van der Waals surface area (Å²) in [6.07, 6.45) is 17.2. The van der Waals surface area contributed by atoms with Gasteiger partial charge in [0.25, 0.3) is 0 Å². The quantitative estimate of drug-likeness (QED) is 0.123. The van der Waals surface area contributed by atoms with Crippen molar-refractivity contribution >= 4 is 55.9 Å². The van der Waals surface area contributed by atoms with Crippen LogP contribution in [0.15, 0.2) is 228 Å². The molecule has 0 unspecified atom stereocenters. The van der Waals surface area contributed by atoms with Crippen LogP contribution in [0, 0.1) is 0 Å². The van der Waals surface area contributed by atoms with E-state index in [2.05, 4.69) is 208 Å². The summed E-state index contributed by atoms with van der Waals surface area (Å²) in [5, 5.41) is 4.79. The fraction of sp³-hybridized carbons (Fsp3) is 0.0345. The van der Waals surface area contributed by atoms with Crippen LogP contribution >= 0.6 is 10.0 Å². The third-order valence-corrected chi connectivity index (χ3v) is 15.6. The molecule has 0 amide bonds. The molecule has 0 saturated carbocycles. The number of benzene rings is 8. The van der Waals surface area contributed by atoms with Gasteiger partial charge in [0.05, 0.1) is 0 Å². The van der Waals surface area contributed by atoms with Crippen LogP contribution in [0.3, 0.4) is 0 Å². The molecule has 8 aromatic carbocycles. The molecule has 0 aliphatic heterocycles. The molecule has 0 radical (unpaired) electrons. The van der Waals surface area contributed by atoms with Crippen molar-refractivity contribution in [2.24, 2.45) is 0 Å². The van der Waals surface area contributed by atoms with Gasteiger partial charge in [0.1, 0.15) is 0 Å². The van der Waals surface area contributed by atoms with Crippen LogP contribution in [-0.2, 0) is 0 Å². The van der Waals surface area contributed by atoms with E-state index in [1.165, 1.54) is 41.1 Å². The molecule has 59 heavy (non-hydrogen) atoms. The predicted octanol–water partition coefficient (Wildman–Crippen LogP) is 17.1. The zero-order valence-corrected chi connectivity index (χ0v) is 34.1. The minimum atomic E-state index is -1.91. The first kappa shape index (κ1) is 37.6. The molecule has 0 nitrogen and oxygen atoms in total. The summed E-state index contributed by atoms with van der Waals surface area (Å²) in [6, 6.07) is 60.3. The van der Waals surface area contributed by atoms with Crippen molar-refractivity contribution in [2.75, 3.05) is 0 Å². The standard InChI is InChI=1S/C58H46S/c1-5-41-23-20-30-54(51(41)6-2)43-32-34-44(35-33-43)57-52(7-3)53(8-4)58(46-36-31-42-21-18-19-22-45(42)39-46)55-38-37-50(40-56(55)57)59(47-24-12-9-13-25-47,48-26-14-10-15-27-48)49-28-16-11-17-29-49/h5-10,12-16,18-40H,1-4,11,17H2. The largest absolute Gasteiger partial charge is 0.133 e. The molecule has 8 aromatic rings. The van der Waals surface area contributed by atoms with Crippen molar-refractivity contribution in [3.05, 3.63) is 235 Å². The maximum Gasteiger partial charge on any atom is 0.00294 e. The Morgan fingerprint density at radius 1 is 0.424 bits per heavy atom. The van der Waals surface area contributed by atoms with Crippen LogP contribution in [0.5, 0.6) is 0 Å². The van der Waals surface area contributed by atoms with Crippen LogP contribution in [0.4, 0.5) is 0 Å². The van der Waals surface area contributed by atoms with Gasteiger partial charge in [0.15, 0.2) is 0 Å². The van der Waals surface area contributed by atoms with Gasteiger partial charge >= 0.3 is 0 Å². The predicted molar refractivity (Wildman–Crippen MR) is 260 cm³/mol. The smallest absolute Gasteiger partial charge is 0.00294 e. The number of rotatable bonds is 11. The monoisotopic (exact) mass is 774 g/mol. The van der Waals surface area contributed by atoms with E-state index in [1.807, 2.05) is 24.3 Å². The lowest BCUT2D eigenvalue weighted by atomic mass is 9.83. The Labute approximate surface area is 350 Å². The Morgan fingerprint density at radius 3 is 1.66 bits per heavy atom. The molecular formula is C58H46S. The number of allylic oxidation sites excluding steroid dienone is 3. The summed E-state index contributed by atoms with van der Waals surface area (Å²) in [7, 11) is -1.91. The molecule has 0 heterocycles. The first-order valence-electron chi connectivity index (χ1n) is 20.3. The first-order chi connectivity index (χ1) is 29.1. The Hall–Kier alpha value is -6.93. The van der Waals surface area contributed by atoms with Gasteiger partial charge in [-0.1, -0.05) is 190 Å². The lowest BCUT2D eigenvalue weighted by Gasteiger charge is -2.43. The maximum absolute atomic E-state index is 4.48. The van der Waals surface area contributed by atoms with E-state index in [1.54, 1.807) is 0 Å². The van der Waals surface area contributed by atoms with Gasteiger partial charge in [0.2, 0.25) is 0 Å². The summed E-state index contributed by atoms with van der Waals surface area (Å²) in [6.45, 7) is 17.1. The zero-order valence-electron chi connectivity index (χ0n) is 33.3. The normalized spacial score (nSPS) is 12.8. The zero-order chi connectivity index (χ0) is 40.3. The maximum atomic E-state index is 4.48. The molecule has 0 aromatic heterocycles. The van der Waals surface area contributed by atoms with Gasteiger partial charge in [0, 0.05) is 14.7 Å². The molecule has 0 bridgehead atoms. The van der Waals surface area contributed by atoms with E-state index in [0.717, 1.165) is 68.5 Å². The van der Waals surface area contributed by atoms with Crippen molar-refractivity contribution in [1.29, 1.82) is 0 Å². The lowest BCUT2D eigenvalue weighted by molar-refractivity contribution is 1.03. The SMILES string of the molecule is C=Cc1cccc(-c2ccc(-c3c(C=C)c(C=C)c(-c4ccc5ccccc5c4)c4ccc(S(C5=CCCC=C5)(c5ccccc5)c5ccccc5)cc34)cc2)c1C=C. The number of fused-ring (bicyclic) bond motifs is 2. The van der Waals surface area contributed by atoms with E-state index in [4.69, 9.17) is 0 Å². The molecule has 0 atom stereocenters. The minimum Gasteiger partial charge on any atom is -0.133 e. The lowest BCUT2D eigenvalue weighted by Crippen LogP contribution is -2.08. The number of hydrogen-bond donors (Lipinski definition) is 0. The van der Waals surface area contributed by atoms with Gasteiger partial charge in [-0.15, -0.1) is 10.0 Å². The molecule has 9 rings (SSSR count). The molecule has 0 saturated heterocycles. The van der Waals surface area contributed by atoms with Crippen LogP contribution in [0.25, 0.3) is 79.2 Å². The minimum absolute atomic E-state index is 1.02. The van der Waals surface area contributed by atoms with Crippen molar-refractivity contribution in [1.82, 2.24) is 0 Å². The van der Waals surface area contributed by atoms with Crippen molar-refractivity contribution in [2.45, 2.75) is 27.5 Å². The first-order valence-corrected chi connectivity index (χ1v) is 21.9. The summed E-state index contributed by atoms with van der Waals surface area (Å²) in [5.41, 5.74) is 11.1. The Morgan fingerprint density at radius 2 is 1.03 bits per heavy atom. The fourth-order valence-corrected chi connectivity index (χ4v) is 13.0. The van der Waals surface area contributed by atoms with Gasteiger partial charge < -0.3 is 0 Å². The van der Waals surface area contributed by atoms with Gasteiger partial charge in [-0.05, 0) is 137 Å². The van der Waals surface area contributed by atoms with E-state index < -0.39 is 10.0 Å². The summed E-state index contributed by atoms with van der Waals surface area (Å²) < 4.78 is 0. The molecule has 0 N–H and O–H groups in total. The topological polar surface area (TPSA) is 0 Å². The van der Waals surface area contributed by atoms with Crippen molar-refractivity contribution < 1.29 is 0 Å². The van der Waals surface area contributed by atoms with Crippen molar-refractivity contribution in [3.63, 3.8) is 0 Å². The second-order valence-electron chi connectivity index (χ2n) is 14.9. The molecular weight excluding hydrogens is 729 g/mol. The molecule has 1 heteroatoms. The Kier molecular flexibility index (Phi) is 10.3. The number of hydrogen-bond acceptors (Lipinski definition) is 0. The van der Waals surface area contributed by atoms with Crippen LogP contribution in [-0.4, -0.2) is 0 Å². The summed E-state index contributed by atoms with van der Waals surface area (Å²) >= 11 is 0. The molecule has 0 fully saturated rings. The van der Waals surface area contributed by atoms with Crippen LogP contribution in [0.2, 0.25) is 0 Å². The molecule has 0 spiro atoms. The highest BCUT2D eigenvalue weighted by molar-refractivity contribution is 8.37. The van der Waals surface area contributed by atoms with Gasteiger partial charge in [-0.2, -0.15) is 0 Å². The average molecular weight is 775 g/mol. The molecule has 1 aliphatic carbocycles. The molecule has 1 aliphatic rings. The van der Waals surface area contributed by atoms with E-state index in [9.17, 15) is 0 Å². The summed E-state index contributed by atoms with van der Waals surface area (Å²) in [4.78, 5) is 5.29. The second kappa shape index (κ2) is 16.1. The van der Waals surface area contributed by atoms with Gasteiger partial charge in [-0.3, -0.25) is 0 Å². The second-order valence-corrected chi connectivity index (χ2v) is 18.0. The average Bonchev–Trinajstić information content (AvgIpc) is 3.31. The highest BCUT2D eigenvalue weighted by Crippen LogP contribution is 2.74. The van der Waals surface area contributed by atoms with E-state index >= 15 is 0 Å². The highest BCUT2D eigenvalue weighted by Gasteiger charge is 2.35. The fourth-order valence-electron chi connectivity index (χ4n) is 9.03. The van der Waals surface area contributed by atoms with E-state index in [0.29, 0.717) is 0 Å². The van der Waals surface area contributed by atoms with Crippen LogP contribution in [0.1, 0.15) is 35.1 Å². The summed E-state index contributed by atoms with van der Waals surface area (Å²) in [5.74, 6) is 0. The molecule has 284 valence electrons. The third kappa shape index (κ3) is 6.45. The highest BCUT2D eigenvalue weighted by atomic mass is 32.3. The van der Waals surface area contributed by atoms with Crippen LogP contribution < -0.4 is 0 Å². The Bertz CT molecular complexity index is 2940. The van der Waals surface area contributed by atoms with E-state index in [-0.39, 0.29) is 0 Å².